The van der Waals surface area contributed by atoms with Gasteiger partial charge in [-0.15, -0.1) is 0 Å². The number of nitrogens with zero attached hydrogens (tertiary/aromatic N) is 2. The van der Waals surface area contributed by atoms with Gasteiger partial charge >= 0.3 is 0 Å². The molecule has 1 aliphatic carbocycles. The molecule has 20 heavy (non-hydrogen) atoms. The highest BCUT2D eigenvalue weighted by atomic mass is 16.5. The van der Waals surface area contributed by atoms with E-state index in [1.165, 1.54) is 32.1 Å². The van der Waals surface area contributed by atoms with Crippen LogP contribution in [0.2, 0.25) is 0 Å². The van der Waals surface area contributed by atoms with E-state index in [0.29, 0.717) is 17.7 Å². The predicted molar refractivity (Wildman–Crippen MR) is 79.4 cm³/mol. The molecule has 0 unspecified atom stereocenters. The molecule has 0 aliphatic heterocycles. The van der Waals surface area contributed by atoms with E-state index in [1.54, 1.807) is 14.2 Å². The maximum Gasteiger partial charge on any atom is 0.201 e. The Morgan fingerprint density at radius 1 is 1.10 bits per heavy atom. The fraction of sp³-hybridized carbons (Fsp3) is 0.533. The minimum absolute atomic E-state index is 0.451. The van der Waals surface area contributed by atoms with Crippen molar-refractivity contribution in [2.45, 2.75) is 38.1 Å². The van der Waals surface area contributed by atoms with E-state index in [0.717, 1.165) is 16.8 Å². The Balaban J connectivity index is 2.13. The Morgan fingerprint density at radius 3 is 2.40 bits per heavy atom. The molecule has 0 saturated heterocycles. The second-order valence-corrected chi connectivity index (χ2v) is 5.33. The summed E-state index contributed by atoms with van der Waals surface area (Å²) in [7, 11) is 3.28. The van der Waals surface area contributed by atoms with Gasteiger partial charge in [-0.1, -0.05) is 19.3 Å². The Morgan fingerprint density at radius 2 is 1.75 bits per heavy atom. The van der Waals surface area contributed by atoms with Crippen LogP contribution >= 0.6 is 0 Å². The van der Waals surface area contributed by atoms with E-state index in [1.807, 2.05) is 12.1 Å². The van der Waals surface area contributed by atoms with E-state index in [2.05, 4.69) is 9.55 Å². The molecule has 3 rings (SSSR count). The van der Waals surface area contributed by atoms with Crippen LogP contribution in [0.1, 0.15) is 38.1 Å². The normalized spacial score (nSPS) is 16.5. The minimum Gasteiger partial charge on any atom is -0.493 e. The number of nitrogens with two attached hydrogens (primary N) is 1. The summed E-state index contributed by atoms with van der Waals surface area (Å²) in [5.74, 6) is 1.99. The van der Waals surface area contributed by atoms with Crippen molar-refractivity contribution in [2.24, 2.45) is 0 Å². The smallest absolute Gasteiger partial charge is 0.201 e. The van der Waals surface area contributed by atoms with Gasteiger partial charge in [0.2, 0.25) is 5.95 Å². The molecule has 5 heteroatoms. The average Bonchev–Trinajstić information content (AvgIpc) is 2.81. The number of aromatic nitrogens is 2. The van der Waals surface area contributed by atoms with Gasteiger partial charge in [0.25, 0.3) is 0 Å². The molecule has 0 radical (unpaired) electrons. The van der Waals surface area contributed by atoms with E-state index in [-0.39, 0.29) is 0 Å². The summed E-state index contributed by atoms with van der Waals surface area (Å²) in [6.07, 6.45) is 6.18. The second kappa shape index (κ2) is 5.23. The van der Waals surface area contributed by atoms with Gasteiger partial charge in [-0.3, -0.25) is 0 Å². The monoisotopic (exact) mass is 275 g/mol. The van der Waals surface area contributed by atoms with E-state index >= 15 is 0 Å². The molecule has 5 nitrogen and oxygen atoms in total. The molecule has 1 aromatic heterocycles. The lowest BCUT2D eigenvalue weighted by Gasteiger charge is -2.24. The van der Waals surface area contributed by atoms with Crippen molar-refractivity contribution in [3.63, 3.8) is 0 Å². The summed E-state index contributed by atoms with van der Waals surface area (Å²) in [6.45, 7) is 0. The first-order chi connectivity index (χ1) is 9.74. The molecule has 1 fully saturated rings. The van der Waals surface area contributed by atoms with Crippen molar-refractivity contribution in [3.8, 4) is 11.5 Å². The van der Waals surface area contributed by atoms with Gasteiger partial charge < -0.3 is 19.8 Å². The van der Waals surface area contributed by atoms with Crippen LogP contribution in [0.25, 0.3) is 11.0 Å². The third-order valence-corrected chi connectivity index (χ3v) is 4.16. The minimum atomic E-state index is 0.451. The first-order valence-corrected chi connectivity index (χ1v) is 7.14. The topological polar surface area (TPSA) is 62.3 Å². The van der Waals surface area contributed by atoms with Crippen molar-refractivity contribution in [3.05, 3.63) is 12.1 Å². The molecule has 1 saturated carbocycles. The number of nitrogen functional groups attached to an aromatic ring is 1. The van der Waals surface area contributed by atoms with Crippen LogP contribution in [0.3, 0.4) is 0 Å². The number of fused-ring (bicyclic) bond motifs is 1. The molecular weight excluding hydrogens is 254 g/mol. The Hall–Kier alpha value is -1.91. The molecule has 0 atom stereocenters. The van der Waals surface area contributed by atoms with Gasteiger partial charge in [0, 0.05) is 18.2 Å². The summed E-state index contributed by atoms with van der Waals surface area (Å²) in [4.78, 5) is 4.48. The maximum atomic E-state index is 6.14. The third-order valence-electron chi connectivity index (χ3n) is 4.16. The fourth-order valence-corrected chi connectivity index (χ4v) is 3.16. The van der Waals surface area contributed by atoms with Crippen LogP contribution in [-0.2, 0) is 0 Å². The zero-order valence-electron chi connectivity index (χ0n) is 12.1. The van der Waals surface area contributed by atoms with Crippen molar-refractivity contribution in [1.82, 2.24) is 9.55 Å². The molecule has 2 aromatic rings. The van der Waals surface area contributed by atoms with Gasteiger partial charge in [-0.25, -0.2) is 4.98 Å². The summed E-state index contributed by atoms with van der Waals surface area (Å²) < 4.78 is 12.9. The number of benzene rings is 1. The molecule has 0 bridgehead atoms. The van der Waals surface area contributed by atoms with Crippen LogP contribution in [0.4, 0.5) is 5.95 Å². The molecule has 108 valence electrons. The van der Waals surface area contributed by atoms with Crippen molar-refractivity contribution in [1.29, 1.82) is 0 Å². The SMILES string of the molecule is COc1cc2nc(N)n(C3CCCCC3)c2cc1OC. The highest BCUT2D eigenvalue weighted by Crippen LogP contribution is 2.37. The molecule has 2 N–H and O–H groups in total. The first kappa shape index (κ1) is 13.1. The van der Waals surface area contributed by atoms with Crippen LogP contribution in [0.15, 0.2) is 12.1 Å². The van der Waals surface area contributed by atoms with E-state index < -0.39 is 0 Å². The van der Waals surface area contributed by atoms with Crippen LogP contribution in [-0.4, -0.2) is 23.8 Å². The summed E-state index contributed by atoms with van der Waals surface area (Å²) in [5.41, 5.74) is 8.04. The number of hydrogen-bond donors (Lipinski definition) is 1. The van der Waals surface area contributed by atoms with Crippen LogP contribution in [0, 0.1) is 0 Å². The highest BCUT2D eigenvalue weighted by Gasteiger charge is 2.21. The molecule has 0 amide bonds. The largest absolute Gasteiger partial charge is 0.493 e. The lowest BCUT2D eigenvalue weighted by Crippen LogP contribution is -2.14. The van der Waals surface area contributed by atoms with Gasteiger partial charge in [0.1, 0.15) is 0 Å². The van der Waals surface area contributed by atoms with Crippen LogP contribution < -0.4 is 15.2 Å². The summed E-state index contributed by atoms with van der Waals surface area (Å²) in [5, 5.41) is 0. The Labute approximate surface area is 118 Å². The number of rotatable bonds is 3. The lowest BCUT2D eigenvalue weighted by molar-refractivity contribution is 0.353. The van der Waals surface area contributed by atoms with Crippen molar-refractivity contribution >= 4 is 17.0 Å². The Kier molecular flexibility index (Phi) is 3.42. The van der Waals surface area contributed by atoms with E-state index in [9.17, 15) is 0 Å². The maximum absolute atomic E-state index is 6.14. The lowest BCUT2D eigenvalue weighted by atomic mass is 9.95. The summed E-state index contributed by atoms with van der Waals surface area (Å²) in [6, 6.07) is 4.32. The first-order valence-electron chi connectivity index (χ1n) is 7.14. The number of ether oxygens (including phenoxy) is 2. The standard InChI is InChI=1S/C15H21N3O2/c1-19-13-8-11-12(9-14(13)20-2)18(15(16)17-11)10-6-4-3-5-7-10/h8-10H,3-7H2,1-2H3,(H2,16,17). The van der Waals surface area contributed by atoms with Gasteiger partial charge in [0.15, 0.2) is 11.5 Å². The zero-order chi connectivity index (χ0) is 14.1. The summed E-state index contributed by atoms with van der Waals surface area (Å²) >= 11 is 0. The van der Waals surface area contributed by atoms with Crippen LogP contribution in [0.5, 0.6) is 11.5 Å². The number of methoxy groups -OCH3 is 2. The quantitative estimate of drug-likeness (QED) is 0.934. The second-order valence-electron chi connectivity index (χ2n) is 5.33. The van der Waals surface area contributed by atoms with Crippen molar-refractivity contribution < 1.29 is 9.47 Å². The number of imidazole rings is 1. The molecule has 1 heterocycles. The van der Waals surface area contributed by atoms with Gasteiger partial charge in [-0.2, -0.15) is 0 Å². The zero-order valence-corrected chi connectivity index (χ0v) is 12.1. The third kappa shape index (κ3) is 2.07. The molecule has 1 aromatic carbocycles. The molecular formula is C15H21N3O2. The van der Waals surface area contributed by atoms with Crippen molar-refractivity contribution in [2.75, 3.05) is 20.0 Å². The average molecular weight is 275 g/mol. The van der Waals surface area contributed by atoms with Gasteiger partial charge in [-0.05, 0) is 12.8 Å². The Bertz CT molecular complexity index is 615. The van der Waals surface area contributed by atoms with Gasteiger partial charge in [0.05, 0.1) is 25.3 Å². The van der Waals surface area contributed by atoms with E-state index in [4.69, 9.17) is 15.2 Å². The highest BCUT2D eigenvalue weighted by molar-refractivity contribution is 5.82. The number of anilines is 1. The molecule has 0 spiro atoms. The number of hydrogen-bond acceptors (Lipinski definition) is 4. The fourth-order valence-electron chi connectivity index (χ4n) is 3.16. The predicted octanol–water partition coefficient (Wildman–Crippen LogP) is 3.14. The molecule has 1 aliphatic rings.